The van der Waals surface area contributed by atoms with E-state index in [9.17, 15) is 29.4 Å². The van der Waals surface area contributed by atoms with Crippen molar-refractivity contribution in [1.29, 1.82) is 0 Å². The van der Waals surface area contributed by atoms with Gasteiger partial charge in [-0.1, -0.05) is 42.5 Å². The van der Waals surface area contributed by atoms with E-state index in [2.05, 4.69) is 0 Å². The summed E-state index contributed by atoms with van der Waals surface area (Å²) in [5.74, 6) is -1.26. The number of aliphatic hydroxyl groups excluding tert-OH is 2. The van der Waals surface area contributed by atoms with Crippen molar-refractivity contribution in [2.24, 2.45) is 0 Å². The van der Waals surface area contributed by atoms with Gasteiger partial charge in [-0.05, 0) is 12.1 Å². The molecule has 0 aliphatic heterocycles. The van der Waals surface area contributed by atoms with E-state index >= 15 is 0 Å². The molecule has 0 saturated carbocycles. The second-order valence-corrected chi connectivity index (χ2v) is 10.3. The zero-order valence-corrected chi connectivity index (χ0v) is 23.5. The molecule has 0 radical (unpaired) electrons. The van der Waals surface area contributed by atoms with Crippen LogP contribution in [0, 0.1) is 0 Å². The highest BCUT2D eigenvalue weighted by Crippen LogP contribution is 2.40. The first-order chi connectivity index (χ1) is 19.8. The molecule has 0 aliphatic carbocycles. The van der Waals surface area contributed by atoms with Gasteiger partial charge < -0.3 is 29.5 Å². The maximum absolute atomic E-state index is 13.9. The lowest BCUT2D eigenvalue weighted by atomic mass is 9.97. The van der Waals surface area contributed by atoms with Crippen LogP contribution >= 0.6 is 11.3 Å². The predicted octanol–water partition coefficient (Wildman–Crippen LogP) is 2.30. The van der Waals surface area contributed by atoms with Crippen LogP contribution in [-0.2, 0) is 9.59 Å². The summed E-state index contributed by atoms with van der Waals surface area (Å²) in [5.41, 5.74) is -0.127. The van der Waals surface area contributed by atoms with Crippen LogP contribution in [0.25, 0.3) is 20.2 Å². The normalized spacial score (nSPS) is 10.9. The number of amides is 2. The summed E-state index contributed by atoms with van der Waals surface area (Å²) < 4.78 is 12.8. The number of rotatable bonds is 12. The first-order valence-electron chi connectivity index (χ1n) is 12.8. The van der Waals surface area contributed by atoms with Crippen LogP contribution in [0.1, 0.15) is 15.9 Å². The second-order valence-electron chi connectivity index (χ2n) is 9.23. The van der Waals surface area contributed by atoms with E-state index in [1.807, 2.05) is 0 Å². The highest BCUT2D eigenvalue weighted by atomic mass is 32.1. The van der Waals surface area contributed by atoms with Gasteiger partial charge in [0.2, 0.25) is 0 Å². The minimum Gasteiger partial charge on any atom is -0.483 e. The third kappa shape index (κ3) is 6.54. The van der Waals surface area contributed by atoms with Crippen LogP contribution < -0.4 is 14.9 Å². The summed E-state index contributed by atoms with van der Waals surface area (Å²) >= 11 is 1.23. The van der Waals surface area contributed by atoms with E-state index in [1.54, 1.807) is 54.6 Å². The third-order valence-electron chi connectivity index (χ3n) is 6.47. The lowest BCUT2D eigenvalue weighted by Crippen LogP contribution is -2.34. The quantitative estimate of drug-likeness (QED) is 0.193. The Morgan fingerprint density at radius 3 is 1.98 bits per heavy atom. The van der Waals surface area contributed by atoms with Crippen molar-refractivity contribution in [2.75, 3.05) is 53.6 Å². The molecule has 4 aromatic rings. The zero-order valence-electron chi connectivity index (χ0n) is 22.7. The Morgan fingerprint density at radius 2 is 1.37 bits per heavy atom. The lowest BCUT2D eigenvalue weighted by Gasteiger charge is -2.20. The van der Waals surface area contributed by atoms with Gasteiger partial charge in [0.1, 0.15) is 11.5 Å². The van der Waals surface area contributed by atoms with Crippen LogP contribution in [-0.4, -0.2) is 91.2 Å². The number of carbonyl (C=O) groups excluding carboxylic acids is 3. The summed E-state index contributed by atoms with van der Waals surface area (Å²) in [7, 11) is 3.03. The lowest BCUT2D eigenvalue weighted by molar-refractivity contribution is -0.133. The van der Waals surface area contributed by atoms with Crippen molar-refractivity contribution in [3.05, 3.63) is 82.0 Å². The van der Waals surface area contributed by atoms with E-state index in [1.165, 1.54) is 41.3 Å². The van der Waals surface area contributed by atoms with Crippen LogP contribution in [0.2, 0.25) is 0 Å². The first-order valence-corrected chi connectivity index (χ1v) is 13.7. The highest BCUT2D eigenvalue weighted by Gasteiger charge is 2.26. The molecule has 2 amide bonds. The average Bonchev–Trinajstić information content (AvgIpc) is 2.99. The number of hydrogen-bond donors (Lipinski definition) is 2. The number of aliphatic hydroxyl groups is 2. The van der Waals surface area contributed by atoms with Crippen LogP contribution in [0.5, 0.6) is 11.5 Å². The zero-order chi connectivity index (χ0) is 29.5. The predicted molar refractivity (Wildman–Crippen MR) is 156 cm³/mol. The molecule has 0 atom stereocenters. The topological polar surface area (TPSA) is 134 Å². The maximum atomic E-state index is 13.9. The summed E-state index contributed by atoms with van der Waals surface area (Å²) in [5, 5.41) is 18.8. The molecule has 4 rings (SSSR count). The van der Waals surface area contributed by atoms with Crippen molar-refractivity contribution in [1.82, 2.24) is 9.80 Å². The van der Waals surface area contributed by atoms with Gasteiger partial charge in [0.25, 0.3) is 11.8 Å². The van der Waals surface area contributed by atoms with Gasteiger partial charge in [-0.2, -0.15) is 0 Å². The van der Waals surface area contributed by atoms with Crippen molar-refractivity contribution in [2.45, 2.75) is 0 Å². The van der Waals surface area contributed by atoms with Crippen LogP contribution in [0.15, 0.2) is 65.5 Å². The van der Waals surface area contributed by atoms with E-state index in [4.69, 9.17) is 9.47 Å². The minimum atomic E-state index is -0.480. The Labute approximate surface area is 239 Å². The van der Waals surface area contributed by atoms with Gasteiger partial charge in [0, 0.05) is 48.9 Å². The van der Waals surface area contributed by atoms with Crippen molar-refractivity contribution in [3.63, 3.8) is 0 Å². The summed E-state index contributed by atoms with van der Waals surface area (Å²) in [6.07, 6.45) is 0. The number of fused-ring (bicyclic) bond motifs is 2. The molecule has 0 aliphatic rings. The Kier molecular flexibility index (Phi) is 9.66. The van der Waals surface area contributed by atoms with E-state index in [-0.39, 0.29) is 48.8 Å². The Balaban J connectivity index is 1.93. The van der Waals surface area contributed by atoms with Crippen molar-refractivity contribution in [3.8, 4) is 11.5 Å². The van der Waals surface area contributed by atoms with Crippen molar-refractivity contribution >= 4 is 49.1 Å². The second kappa shape index (κ2) is 13.4. The molecule has 1 heterocycles. The fourth-order valence-corrected chi connectivity index (χ4v) is 5.30. The smallest absolute Gasteiger partial charge is 0.260 e. The Morgan fingerprint density at radius 1 is 0.805 bits per heavy atom. The fourth-order valence-electron chi connectivity index (χ4n) is 4.15. The number of carbonyl (C=O) groups is 3. The number of ketones is 1. The van der Waals surface area contributed by atoms with Gasteiger partial charge in [0.15, 0.2) is 24.4 Å². The fraction of sp³-hybridized carbons (Fsp3) is 0.267. The molecule has 1 aromatic heterocycles. The minimum absolute atomic E-state index is 0.0214. The van der Waals surface area contributed by atoms with E-state index in [0.29, 0.717) is 20.3 Å². The molecule has 0 unspecified atom stereocenters. The molecular formula is C30H30N2O8S. The SMILES string of the molecule is CN(CCO)C(=O)COc1cc(OCC(=O)N(C)CCO)c2sc3ccccc3c(=O)c2c1C(=O)c1ccccc1. The highest BCUT2D eigenvalue weighted by molar-refractivity contribution is 7.25. The molecule has 41 heavy (non-hydrogen) atoms. The molecule has 214 valence electrons. The molecule has 0 saturated heterocycles. The number of benzene rings is 3. The Bertz CT molecular complexity index is 1640. The van der Waals surface area contributed by atoms with Crippen LogP contribution in [0.3, 0.4) is 0 Å². The van der Waals surface area contributed by atoms with Gasteiger partial charge in [0.05, 0.1) is 28.9 Å². The molecule has 2 N–H and O–H groups in total. The molecule has 0 spiro atoms. The number of ether oxygens (including phenoxy) is 2. The van der Waals surface area contributed by atoms with Gasteiger partial charge >= 0.3 is 0 Å². The van der Waals surface area contributed by atoms with Crippen molar-refractivity contribution < 1.29 is 34.1 Å². The average molecular weight is 579 g/mol. The standard InChI is InChI=1S/C30H30N2O8S/c1-31(12-14-33)24(35)17-39-21-16-22(40-18-25(36)32(2)13-15-34)30-27(26(21)28(37)19-8-4-3-5-9-19)29(38)20-10-6-7-11-23(20)41-30/h3-11,16,33-34H,12-15,17-18H2,1-2H3. The number of nitrogens with zero attached hydrogens (tertiary/aromatic N) is 2. The van der Waals surface area contributed by atoms with Gasteiger partial charge in [-0.25, -0.2) is 0 Å². The molecular weight excluding hydrogens is 548 g/mol. The molecule has 10 nitrogen and oxygen atoms in total. The molecule has 11 heteroatoms. The number of likely N-dealkylation sites (N-methyl/N-ethyl adjacent to an activating group) is 2. The third-order valence-corrected chi connectivity index (χ3v) is 7.65. The molecule has 0 fully saturated rings. The van der Waals surface area contributed by atoms with Crippen LogP contribution in [0.4, 0.5) is 0 Å². The molecule has 0 bridgehead atoms. The Hall–Kier alpha value is -4.32. The maximum Gasteiger partial charge on any atom is 0.260 e. The summed E-state index contributed by atoms with van der Waals surface area (Å²) in [6, 6.07) is 16.8. The summed E-state index contributed by atoms with van der Waals surface area (Å²) in [4.78, 5) is 55.7. The largest absolute Gasteiger partial charge is 0.483 e. The van der Waals surface area contributed by atoms with E-state index in [0.717, 1.165) is 0 Å². The number of hydrogen-bond acceptors (Lipinski definition) is 9. The van der Waals surface area contributed by atoms with Gasteiger partial charge in [-0.3, -0.25) is 19.2 Å². The monoisotopic (exact) mass is 578 g/mol. The molecule has 3 aromatic carbocycles. The summed E-state index contributed by atoms with van der Waals surface area (Å²) in [6.45, 7) is -1.12. The first kappa shape index (κ1) is 29.7. The van der Waals surface area contributed by atoms with Gasteiger partial charge in [-0.15, -0.1) is 11.3 Å². The van der Waals surface area contributed by atoms with E-state index < -0.39 is 36.2 Å².